The van der Waals surface area contributed by atoms with E-state index in [1.54, 1.807) is 0 Å². The van der Waals surface area contributed by atoms with E-state index < -0.39 is 0 Å². The van der Waals surface area contributed by atoms with Gasteiger partial charge in [-0.2, -0.15) is 0 Å². The highest BCUT2D eigenvalue weighted by Crippen LogP contribution is 2.32. The summed E-state index contributed by atoms with van der Waals surface area (Å²) in [5.41, 5.74) is 2.83. The molecular formula is C28H44N4O2. The molecule has 34 heavy (non-hydrogen) atoms. The highest BCUT2D eigenvalue weighted by Gasteiger charge is 2.26. The average Bonchev–Trinajstić information content (AvgIpc) is 3.54. The average molecular weight is 469 g/mol. The van der Waals surface area contributed by atoms with Crippen molar-refractivity contribution in [2.45, 2.75) is 90.5 Å². The van der Waals surface area contributed by atoms with Gasteiger partial charge in [0.05, 0.1) is 6.61 Å². The van der Waals surface area contributed by atoms with Crippen LogP contribution in [0.4, 0.5) is 0 Å². The van der Waals surface area contributed by atoms with Crippen LogP contribution in [0.15, 0.2) is 36.7 Å². The van der Waals surface area contributed by atoms with Gasteiger partial charge in [0.2, 0.25) is 6.41 Å². The van der Waals surface area contributed by atoms with Crippen LogP contribution in [0.2, 0.25) is 0 Å². The number of aromatic nitrogens is 2. The third kappa shape index (κ3) is 10.2. The van der Waals surface area contributed by atoms with Crippen molar-refractivity contribution in [3.63, 3.8) is 0 Å². The van der Waals surface area contributed by atoms with E-state index in [1.807, 2.05) is 18.5 Å². The number of hydrogen-bond donors (Lipinski definition) is 2. The molecule has 4 rings (SSSR count). The molecule has 0 bridgehead atoms. The number of ether oxygens (including phenoxy) is 1. The predicted molar refractivity (Wildman–Crippen MR) is 139 cm³/mol. The maximum atomic E-state index is 9.57. The number of benzene rings is 1. The molecule has 2 N–H and O–H groups in total. The van der Waals surface area contributed by atoms with Gasteiger partial charge in [0, 0.05) is 44.4 Å². The monoisotopic (exact) mass is 468 g/mol. The fourth-order valence-corrected chi connectivity index (χ4v) is 4.21. The lowest BCUT2D eigenvalue weighted by molar-refractivity contribution is -0.109. The van der Waals surface area contributed by atoms with E-state index in [0.717, 1.165) is 69.8 Å². The van der Waals surface area contributed by atoms with Crippen LogP contribution in [-0.4, -0.2) is 42.1 Å². The van der Waals surface area contributed by atoms with Gasteiger partial charge >= 0.3 is 0 Å². The molecule has 1 saturated heterocycles. The Bertz CT molecular complexity index is 798. The van der Waals surface area contributed by atoms with E-state index in [-0.39, 0.29) is 0 Å². The first-order chi connectivity index (χ1) is 16.7. The second-order valence-electron chi connectivity index (χ2n) is 8.99. The number of hydrogen-bond acceptors (Lipinski definition) is 5. The van der Waals surface area contributed by atoms with Crippen LogP contribution in [0.3, 0.4) is 0 Å². The minimum Gasteiger partial charge on any atom is -0.493 e. The Morgan fingerprint density at radius 3 is 2.56 bits per heavy atom. The third-order valence-corrected chi connectivity index (χ3v) is 6.21. The Hall–Kier alpha value is -2.47. The van der Waals surface area contributed by atoms with Gasteiger partial charge in [-0.15, -0.1) is 0 Å². The van der Waals surface area contributed by atoms with E-state index in [0.29, 0.717) is 12.0 Å². The summed E-state index contributed by atoms with van der Waals surface area (Å²) >= 11 is 0. The lowest BCUT2D eigenvalue weighted by Gasteiger charge is -2.11. The van der Waals surface area contributed by atoms with Gasteiger partial charge in [0.15, 0.2) is 0 Å². The number of aryl methyl sites for hydroxylation is 1. The third-order valence-electron chi connectivity index (χ3n) is 6.21. The summed E-state index contributed by atoms with van der Waals surface area (Å²) in [6, 6.07) is 9.16. The second kappa shape index (κ2) is 17.0. The summed E-state index contributed by atoms with van der Waals surface area (Å²) in [4.78, 5) is 18.2. The normalized spacial score (nSPS) is 18.0. The van der Waals surface area contributed by atoms with E-state index in [4.69, 9.17) is 4.74 Å². The highest BCUT2D eigenvalue weighted by molar-refractivity contribution is 5.45. The van der Waals surface area contributed by atoms with Crippen LogP contribution in [0.1, 0.15) is 88.6 Å². The Labute approximate surface area is 206 Å². The highest BCUT2D eigenvalue weighted by atomic mass is 16.5. The molecule has 2 aliphatic rings. The Balaban J connectivity index is 0.000000285. The topological polar surface area (TPSA) is 76.1 Å². The second-order valence-corrected chi connectivity index (χ2v) is 8.99. The molecule has 1 amide bonds. The Morgan fingerprint density at radius 1 is 1.12 bits per heavy atom. The molecule has 1 aromatic carbocycles. The van der Waals surface area contributed by atoms with Crippen LogP contribution in [-0.2, 0) is 17.6 Å². The summed E-state index contributed by atoms with van der Waals surface area (Å²) in [5, 5.41) is 6.22. The lowest BCUT2D eigenvalue weighted by Crippen LogP contribution is -2.22. The Kier molecular flexibility index (Phi) is 13.9. The van der Waals surface area contributed by atoms with Gasteiger partial charge < -0.3 is 15.4 Å². The number of carbonyl (C=O) groups is 1. The molecule has 3 heterocycles. The van der Waals surface area contributed by atoms with Crippen LogP contribution < -0.4 is 15.4 Å². The number of fused-ring (bicyclic) bond motifs is 1. The van der Waals surface area contributed by atoms with Crippen molar-refractivity contribution in [1.82, 2.24) is 20.6 Å². The molecule has 2 unspecified atom stereocenters. The molecule has 0 radical (unpaired) electrons. The number of rotatable bonds is 10. The van der Waals surface area contributed by atoms with Gasteiger partial charge in [-0.25, -0.2) is 9.97 Å². The quantitative estimate of drug-likeness (QED) is 0.369. The molecule has 2 aliphatic heterocycles. The van der Waals surface area contributed by atoms with Crippen LogP contribution in [0.25, 0.3) is 0 Å². The van der Waals surface area contributed by atoms with Crippen molar-refractivity contribution < 1.29 is 9.53 Å². The fraction of sp³-hybridized carbons (Fsp3) is 0.607. The van der Waals surface area contributed by atoms with Crippen molar-refractivity contribution in [3.8, 4) is 5.75 Å². The van der Waals surface area contributed by atoms with E-state index in [9.17, 15) is 4.79 Å². The molecule has 1 fully saturated rings. The van der Waals surface area contributed by atoms with Gasteiger partial charge in [-0.05, 0) is 48.4 Å². The van der Waals surface area contributed by atoms with Crippen LogP contribution in [0.5, 0.6) is 5.75 Å². The molecule has 2 aromatic rings. The summed E-state index contributed by atoms with van der Waals surface area (Å²) in [5.74, 6) is 2.64. The van der Waals surface area contributed by atoms with Gasteiger partial charge in [0.25, 0.3) is 0 Å². The number of unbranched alkanes of at least 4 members (excludes halogenated alkanes) is 3. The minimum absolute atomic E-state index is 0.568. The van der Waals surface area contributed by atoms with Crippen LogP contribution >= 0.6 is 0 Å². The Morgan fingerprint density at radius 2 is 1.88 bits per heavy atom. The van der Waals surface area contributed by atoms with E-state index >= 15 is 0 Å². The number of nitrogens with zero attached hydrogens (tertiary/aromatic N) is 2. The molecule has 188 valence electrons. The molecule has 0 spiro atoms. The molecular weight excluding hydrogens is 424 g/mol. The molecule has 6 nitrogen and oxygen atoms in total. The standard InChI is InChI=1S/C18H21N3O.C5H11NO.C5H12/c1-7-19-18(20-8-1)5-3-16-11-15(12-21-16)13-2-4-17-14(10-13)6-9-22-17;1-2-3-4-6-5-7;1-3-5-4-2/h1-2,4,7-8,10,15-16,21H,3,5-6,9,11-12H2;5H,2-4H2,1H3,(H,6,7);3-5H2,1-2H3. The summed E-state index contributed by atoms with van der Waals surface area (Å²) in [6.45, 7) is 9.24. The van der Waals surface area contributed by atoms with Crippen molar-refractivity contribution in [3.05, 3.63) is 53.6 Å². The maximum absolute atomic E-state index is 9.57. The lowest BCUT2D eigenvalue weighted by atomic mass is 9.93. The van der Waals surface area contributed by atoms with Gasteiger partial charge in [-0.1, -0.05) is 58.6 Å². The van der Waals surface area contributed by atoms with Gasteiger partial charge in [-0.3, -0.25) is 4.79 Å². The summed E-state index contributed by atoms with van der Waals surface area (Å²) in [7, 11) is 0. The molecule has 1 aromatic heterocycles. The largest absolute Gasteiger partial charge is 0.493 e. The van der Waals surface area contributed by atoms with Crippen molar-refractivity contribution in [1.29, 1.82) is 0 Å². The summed E-state index contributed by atoms with van der Waals surface area (Å²) < 4.78 is 5.60. The van der Waals surface area contributed by atoms with Crippen molar-refractivity contribution >= 4 is 6.41 Å². The van der Waals surface area contributed by atoms with E-state index in [1.165, 1.54) is 36.8 Å². The number of nitrogens with one attached hydrogen (secondary N) is 2. The smallest absolute Gasteiger partial charge is 0.207 e. The first-order valence-corrected chi connectivity index (χ1v) is 13.1. The molecule has 2 atom stereocenters. The van der Waals surface area contributed by atoms with E-state index in [2.05, 4.69) is 59.6 Å². The SMILES string of the molecule is CCCCC.CCCCNC=O.c1cnc(CCC2CC(c3ccc4c(c3)CCO4)CN2)nc1. The molecule has 0 aliphatic carbocycles. The first-order valence-electron chi connectivity index (χ1n) is 13.1. The minimum atomic E-state index is 0.568. The fourth-order valence-electron chi connectivity index (χ4n) is 4.21. The van der Waals surface area contributed by atoms with Gasteiger partial charge in [0.1, 0.15) is 11.6 Å². The van der Waals surface area contributed by atoms with Crippen molar-refractivity contribution in [2.24, 2.45) is 0 Å². The number of amides is 1. The zero-order chi connectivity index (χ0) is 24.4. The zero-order valence-corrected chi connectivity index (χ0v) is 21.4. The molecule has 6 heteroatoms. The molecule has 0 saturated carbocycles. The zero-order valence-electron chi connectivity index (χ0n) is 21.4. The first kappa shape index (κ1) is 27.8. The summed E-state index contributed by atoms with van der Waals surface area (Å²) in [6.07, 6.45) is 15.0. The number of carbonyl (C=O) groups excluding carboxylic acids is 1. The predicted octanol–water partition coefficient (Wildman–Crippen LogP) is 5.22. The maximum Gasteiger partial charge on any atom is 0.207 e. The van der Waals surface area contributed by atoms with Crippen LogP contribution in [0, 0.1) is 0 Å². The van der Waals surface area contributed by atoms with Crippen molar-refractivity contribution in [2.75, 3.05) is 19.7 Å².